The maximum absolute atomic E-state index is 4.84. The Morgan fingerprint density at radius 1 is 1.36 bits per heavy atom. The summed E-state index contributed by atoms with van der Waals surface area (Å²) in [5, 5.41) is 6.73. The topological polar surface area (TPSA) is 40.5 Å². The van der Waals surface area contributed by atoms with E-state index in [9.17, 15) is 0 Å². The number of aromatic nitrogens is 1. The molecule has 25 heavy (non-hydrogen) atoms. The molecular weight excluding hydrogens is 328 g/mol. The Balaban J connectivity index is 1.54. The van der Waals surface area contributed by atoms with Crippen molar-refractivity contribution >= 4 is 17.3 Å². The van der Waals surface area contributed by atoms with Gasteiger partial charge >= 0.3 is 0 Å². The molecule has 134 valence electrons. The standard InChI is InChI=1S/C20H28N4S/c1-3-21-20(22-11-9-19-15-25-16(2)23-19)24-12-10-18(14-24)13-17-7-5-4-6-8-17/h4-8,15,18H,3,9-14H2,1-2H3,(H,21,22). The number of thiazole rings is 1. The second kappa shape index (κ2) is 8.99. The lowest BCUT2D eigenvalue weighted by Crippen LogP contribution is -2.40. The van der Waals surface area contributed by atoms with Crippen molar-refractivity contribution in [2.75, 3.05) is 26.2 Å². The van der Waals surface area contributed by atoms with E-state index >= 15 is 0 Å². The predicted molar refractivity (Wildman–Crippen MR) is 106 cm³/mol. The lowest BCUT2D eigenvalue weighted by molar-refractivity contribution is 0.460. The highest BCUT2D eigenvalue weighted by molar-refractivity contribution is 7.09. The van der Waals surface area contributed by atoms with Gasteiger partial charge in [-0.25, -0.2) is 4.98 Å². The Hall–Kier alpha value is -1.88. The first-order valence-electron chi connectivity index (χ1n) is 9.22. The second-order valence-corrected chi connectivity index (χ2v) is 7.70. The molecule has 1 aliphatic heterocycles. The zero-order chi connectivity index (χ0) is 17.5. The fourth-order valence-electron chi connectivity index (χ4n) is 3.36. The summed E-state index contributed by atoms with van der Waals surface area (Å²) in [7, 11) is 0. The lowest BCUT2D eigenvalue weighted by atomic mass is 9.99. The van der Waals surface area contributed by atoms with Gasteiger partial charge in [-0.1, -0.05) is 30.3 Å². The molecule has 0 aliphatic carbocycles. The highest BCUT2D eigenvalue weighted by atomic mass is 32.1. The zero-order valence-electron chi connectivity index (χ0n) is 15.2. The third-order valence-electron chi connectivity index (χ3n) is 4.58. The van der Waals surface area contributed by atoms with Crippen LogP contribution in [0.3, 0.4) is 0 Å². The van der Waals surface area contributed by atoms with Crippen LogP contribution in [0.5, 0.6) is 0 Å². The van der Waals surface area contributed by atoms with Gasteiger partial charge in [-0.2, -0.15) is 0 Å². The predicted octanol–water partition coefficient (Wildman–Crippen LogP) is 3.52. The van der Waals surface area contributed by atoms with Crippen LogP contribution in [0.1, 0.15) is 29.6 Å². The molecule has 1 N–H and O–H groups in total. The van der Waals surface area contributed by atoms with Crippen LogP contribution in [0.25, 0.3) is 0 Å². The maximum Gasteiger partial charge on any atom is 0.193 e. The Labute approximate surface area is 155 Å². The molecule has 0 bridgehead atoms. The first kappa shape index (κ1) is 17.9. The average Bonchev–Trinajstić information content (AvgIpc) is 3.24. The van der Waals surface area contributed by atoms with Crippen LogP contribution < -0.4 is 5.32 Å². The highest BCUT2D eigenvalue weighted by Crippen LogP contribution is 2.21. The van der Waals surface area contributed by atoms with Gasteiger partial charge in [-0.05, 0) is 38.2 Å². The molecule has 1 aromatic carbocycles. The van der Waals surface area contributed by atoms with Crippen molar-refractivity contribution in [3.8, 4) is 0 Å². The number of aryl methyl sites for hydroxylation is 1. The molecule has 1 aliphatic rings. The summed E-state index contributed by atoms with van der Waals surface area (Å²) in [6, 6.07) is 10.8. The molecule has 2 heterocycles. The number of rotatable bonds is 6. The van der Waals surface area contributed by atoms with Crippen LogP contribution >= 0.6 is 11.3 Å². The summed E-state index contributed by atoms with van der Waals surface area (Å²) in [5.41, 5.74) is 2.60. The van der Waals surface area contributed by atoms with Crippen LogP contribution in [0.15, 0.2) is 40.7 Å². The fraction of sp³-hybridized carbons (Fsp3) is 0.500. The van der Waals surface area contributed by atoms with E-state index in [4.69, 9.17) is 4.99 Å². The van der Waals surface area contributed by atoms with E-state index in [1.54, 1.807) is 11.3 Å². The van der Waals surface area contributed by atoms with Crippen LogP contribution in [-0.2, 0) is 12.8 Å². The third kappa shape index (κ3) is 5.30. The Morgan fingerprint density at radius 3 is 2.92 bits per heavy atom. The summed E-state index contributed by atoms with van der Waals surface area (Å²) in [6.07, 6.45) is 3.32. The van der Waals surface area contributed by atoms with Crippen LogP contribution in [0, 0.1) is 12.8 Å². The quantitative estimate of drug-likeness (QED) is 0.636. The molecule has 5 heteroatoms. The minimum atomic E-state index is 0.715. The fourth-order valence-corrected chi connectivity index (χ4v) is 4.01. The lowest BCUT2D eigenvalue weighted by Gasteiger charge is -2.21. The minimum absolute atomic E-state index is 0.715. The van der Waals surface area contributed by atoms with Gasteiger partial charge in [0.15, 0.2) is 5.96 Å². The summed E-state index contributed by atoms with van der Waals surface area (Å²) < 4.78 is 0. The van der Waals surface area contributed by atoms with Crippen molar-refractivity contribution < 1.29 is 0 Å². The number of nitrogens with zero attached hydrogens (tertiary/aromatic N) is 3. The van der Waals surface area contributed by atoms with Gasteiger partial charge in [0.05, 0.1) is 10.7 Å². The molecule has 0 radical (unpaired) electrons. The summed E-state index contributed by atoms with van der Waals surface area (Å²) >= 11 is 1.71. The zero-order valence-corrected chi connectivity index (χ0v) is 16.1. The molecule has 4 nitrogen and oxygen atoms in total. The molecule has 0 amide bonds. The molecule has 1 unspecified atom stereocenters. The Kier molecular flexibility index (Phi) is 6.45. The smallest absolute Gasteiger partial charge is 0.193 e. The SMILES string of the molecule is CCNC(=NCCc1csc(C)n1)N1CCC(Cc2ccccc2)C1. The van der Waals surface area contributed by atoms with E-state index in [0.29, 0.717) is 5.92 Å². The maximum atomic E-state index is 4.84. The van der Waals surface area contributed by atoms with Crippen LogP contribution in [-0.4, -0.2) is 42.0 Å². The number of hydrogen-bond acceptors (Lipinski definition) is 3. The van der Waals surface area contributed by atoms with Gasteiger partial charge < -0.3 is 10.2 Å². The van der Waals surface area contributed by atoms with Gasteiger partial charge in [-0.3, -0.25) is 4.99 Å². The molecule has 0 spiro atoms. The minimum Gasteiger partial charge on any atom is -0.357 e. The Bertz CT molecular complexity index is 680. The number of nitrogens with one attached hydrogen (secondary N) is 1. The third-order valence-corrected chi connectivity index (χ3v) is 5.41. The van der Waals surface area contributed by atoms with Crippen molar-refractivity contribution in [1.29, 1.82) is 0 Å². The Morgan fingerprint density at radius 2 is 2.20 bits per heavy atom. The normalized spacial score (nSPS) is 17.9. The number of likely N-dealkylation sites (tertiary alicyclic amines) is 1. The number of guanidine groups is 1. The van der Waals surface area contributed by atoms with Crippen molar-refractivity contribution in [3.05, 3.63) is 52.0 Å². The number of benzene rings is 1. The monoisotopic (exact) mass is 356 g/mol. The van der Waals surface area contributed by atoms with Crippen LogP contribution in [0.4, 0.5) is 0 Å². The van der Waals surface area contributed by atoms with E-state index in [0.717, 1.165) is 55.7 Å². The largest absolute Gasteiger partial charge is 0.357 e. The molecule has 0 saturated carbocycles. The van der Waals surface area contributed by atoms with Gasteiger partial charge in [0.2, 0.25) is 0 Å². The molecule has 1 aromatic heterocycles. The molecule has 1 atom stereocenters. The summed E-state index contributed by atoms with van der Waals surface area (Å²) in [4.78, 5) is 11.8. The number of hydrogen-bond donors (Lipinski definition) is 1. The van der Waals surface area contributed by atoms with Gasteiger partial charge in [0.25, 0.3) is 0 Å². The average molecular weight is 357 g/mol. The molecular formula is C20H28N4S. The van der Waals surface area contributed by atoms with E-state index in [2.05, 4.69) is 64.8 Å². The van der Waals surface area contributed by atoms with Gasteiger partial charge in [0, 0.05) is 38.0 Å². The molecule has 3 rings (SSSR count). The molecule has 1 fully saturated rings. The first-order chi connectivity index (χ1) is 12.2. The summed E-state index contributed by atoms with van der Waals surface area (Å²) in [5.74, 6) is 1.78. The molecule has 1 saturated heterocycles. The second-order valence-electron chi connectivity index (χ2n) is 6.63. The van der Waals surface area contributed by atoms with E-state index in [1.807, 2.05) is 0 Å². The first-order valence-corrected chi connectivity index (χ1v) is 10.1. The van der Waals surface area contributed by atoms with Crippen molar-refractivity contribution in [2.45, 2.75) is 33.1 Å². The molecule has 2 aromatic rings. The van der Waals surface area contributed by atoms with Gasteiger partial charge in [-0.15, -0.1) is 11.3 Å². The van der Waals surface area contributed by atoms with Crippen molar-refractivity contribution in [2.24, 2.45) is 10.9 Å². The van der Waals surface area contributed by atoms with Crippen molar-refractivity contribution in [3.63, 3.8) is 0 Å². The van der Waals surface area contributed by atoms with Gasteiger partial charge in [0.1, 0.15) is 0 Å². The highest BCUT2D eigenvalue weighted by Gasteiger charge is 2.24. The summed E-state index contributed by atoms with van der Waals surface area (Å²) in [6.45, 7) is 8.09. The van der Waals surface area contributed by atoms with E-state index in [1.165, 1.54) is 12.0 Å². The van der Waals surface area contributed by atoms with Crippen molar-refractivity contribution in [1.82, 2.24) is 15.2 Å². The van der Waals surface area contributed by atoms with Crippen LogP contribution in [0.2, 0.25) is 0 Å². The number of aliphatic imine (C=N–C) groups is 1. The van der Waals surface area contributed by atoms with E-state index < -0.39 is 0 Å². The van der Waals surface area contributed by atoms with E-state index in [-0.39, 0.29) is 0 Å².